The molecule has 1 fully saturated rings. The Bertz CT molecular complexity index is 704. The highest BCUT2D eigenvalue weighted by atomic mass is 16.7. The summed E-state index contributed by atoms with van der Waals surface area (Å²) in [5.74, 6) is -1.27. The first-order chi connectivity index (χ1) is 10.7. The Morgan fingerprint density at radius 1 is 1.05 bits per heavy atom. The number of aliphatic hydroxyl groups is 1. The van der Waals surface area contributed by atoms with E-state index in [1.165, 1.54) is 5.56 Å². The number of oxime groups is 1. The van der Waals surface area contributed by atoms with Gasteiger partial charge < -0.3 is 9.94 Å². The lowest BCUT2D eigenvalue weighted by Gasteiger charge is -2.28. The fourth-order valence-electron chi connectivity index (χ4n) is 3.22. The lowest BCUT2D eigenvalue weighted by molar-refractivity contribution is -0.208. The Kier molecular flexibility index (Phi) is 3.05. The summed E-state index contributed by atoms with van der Waals surface area (Å²) in [5.41, 5.74) is 4.09. The van der Waals surface area contributed by atoms with Crippen LogP contribution < -0.4 is 0 Å². The van der Waals surface area contributed by atoms with Gasteiger partial charge >= 0.3 is 0 Å². The molecule has 2 aromatic carbocycles. The van der Waals surface area contributed by atoms with Crippen molar-refractivity contribution in [1.82, 2.24) is 0 Å². The van der Waals surface area contributed by atoms with Gasteiger partial charge in [0.1, 0.15) is 5.71 Å². The molecule has 0 spiro atoms. The predicted molar refractivity (Wildman–Crippen MR) is 85.7 cm³/mol. The van der Waals surface area contributed by atoms with Crippen LogP contribution in [-0.4, -0.2) is 16.6 Å². The van der Waals surface area contributed by atoms with Gasteiger partial charge in [-0.15, -0.1) is 0 Å². The van der Waals surface area contributed by atoms with Gasteiger partial charge in [0.2, 0.25) is 5.79 Å². The highest BCUT2D eigenvalue weighted by Gasteiger charge is 2.57. The average molecular weight is 293 g/mol. The van der Waals surface area contributed by atoms with Gasteiger partial charge in [-0.3, -0.25) is 0 Å². The summed E-state index contributed by atoms with van der Waals surface area (Å²) in [5, 5.41) is 15.4. The normalized spacial score (nSPS) is 27.4. The van der Waals surface area contributed by atoms with Gasteiger partial charge in [0.15, 0.2) is 0 Å². The molecule has 3 nitrogen and oxygen atoms in total. The molecule has 2 aliphatic rings. The van der Waals surface area contributed by atoms with Gasteiger partial charge in [-0.25, -0.2) is 0 Å². The molecular weight excluding hydrogens is 274 g/mol. The van der Waals surface area contributed by atoms with Crippen LogP contribution in [0, 0.1) is 12.8 Å². The summed E-state index contributed by atoms with van der Waals surface area (Å²) in [6.07, 6.45) is 1.99. The van der Waals surface area contributed by atoms with Gasteiger partial charge in [0.25, 0.3) is 0 Å². The van der Waals surface area contributed by atoms with Crippen molar-refractivity contribution in [3.8, 4) is 0 Å². The molecule has 1 heterocycles. The van der Waals surface area contributed by atoms with Crippen molar-refractivity contribution in [2.45, 2.75) is 31.5 Å². The van der Waals surface area contributed by atoms with E-state index in [1.54, 1.807) is 0 Å². The van der Waals surface area contributed by atoms with Crippen LogP contribution in [0.5, 0.6) is 0 Å². The van der Waals surface area contributed by atoms with Crippen molar-refractivity contribution < 1.29 is 9.94 Å². The first kappa shape index (κ1) is 13.5. The third-order valence-corrected chi connectivity index (χ3v) is 4.62. The summed E-state index contributed by atoms with van der Waals surface area (Å²) >= 11 is 0. The van der Waals surface area contributed by atoms with Gasteiger partial charge in [0.05, 0.1) is 5.92 Å². The molecule has 0 saturated heterocycles. The Balaban J connectivity index is 1.78. The van der Waals surface area contributed by atoms with E-state index in [0.717, 1.165) is 29.7 Å². The number of benzene rings is 2. The van der Waals surface area contributed by atoms with Crippen molar-refractivity contribution in [2.75, 3.05) is 0 Å². The van der Waals surface area contributed by atoms with Gasteiger partial charge in [0, 0.05) is 11.5 Å². The SMILES string of the molecule is Cc1ccc(C2=NOC(O)(C3CC3)C2c2ccccc2)cc1. The van der Waals surface area contributed by atoms with Crippen LogP contribution in [0.15, 0.2) is 59.8 Å². The van der Waals surface area contributed by atoms with Crippen LogP contribution in [0.2, 0.25) is 0 Å². The lowest BCUT2D eigenvalue weighted by Crippen LogP contribution is -2.39. The molecule has 3 heteroatoms. The summed E-state index contributed by atoms with van der Waals surface area (Å²) in [4.78, 5) is 5.57. The molecule has 2 aromatic rings. The van der Waals surface area contributed by atoms with E-state index in [1.807, 2.05) is 42.5 Å². The fraction of sp³-hybridized carbons (Fsp3) is 0.316. The van der Waals surface area contributed by atoms with Gasteiger partial charge in [-0.1, -0.05) is 65.3 Å². The molecule has 1 N–H and O–H groups in total. The van der Waals surface area contributed by atoms with E-state index in [-0.39, 0.29) is 11.8 Å². The van der Waals surface area contributed by atoms with E-state index < -0.39 is 5.79 Å². The molecule has 1 saturated carbocycles. The minimum absolute atomic E-state index is 0.171. The predicted octanol–water partition coefficient (Wildman–Crippen LogP) is 3.61. The monoisotopic (exact) mass is 293 g/mol. The summed E-state index contributed by atoms with van der Waals surface area (Å²) < 4.78 is 0. The van der Waals surface area contributed by atoms with Crippen molar-refractivity contribution in [1.29, 1.82) is 0 Å². The maximum absolute atomic E-state index is 11.1. The van der Waals surface area contributed by atoms with Crippen LogP contribution in [0.4, 0.5) is 0 Å². The highest BCUT2D eigenvalue weighted by molar-refractivity contribution is 6.06. The van der Waals surface area contributed by atoms with Crippen molar-refractivity contribution in [3.63, 3.8) is 0 Å². The number of rotatable bonds is 3. The maximum Gasteiger partial charge on any atom is 0.249 e. The van der Waals surface area contributed by atoms with Crippen molar-refractivity contribution >= 4 is 5.71 Å². The van der Waals surface area contributed by atoms with E-state index in [0.29, 0.717) is 0 Å². The zero-order chi connectivity index (χ0) is 15.2. The Morgan fingerprint density at radius 3 is 2.36 bits per heavy atom. The Labute approximate surface area is 130 Å². The number of aryl methyl sites for hydroxylation is 1. The molecule has 0 amide bonds. The average Bonchev–Trinajstić information content (AvgIpc) is 3.34. The summed E-state index contributed by atoms with van der Waals surface area (Å²) in [6, 6.07) is 18.3. The van der Waals surface area contributed by atoms with Gasteiger partial charge in [-0.05, 0) is 25.3 Å². The van der Waals surface area contributed by atoms with Gasteiger partial charge in [-0.2, -0.15) is 0 Å². The van der Waals surface area contributed by atoms with Crippen LogP contribution in [-0.2, 0) is 4.84 Å². The van der Waals surface area contributed by atoms with Crippen LogP contribution in [0.1, 0.15) is 35.4 Å². The van der Waals surface area contributed by atoms with E-state index in [2.05, 4.69) is 24.2 Å². The number of hydrogen-bond acceptors (Lipinski definition) is 3. The summed E-state index contributed by atoms with van der Waals surface area (Å²) in [7, 11) is 0. The first-order valence-corrected chi connectivity index (χ1v) is 7.79. The molecule has 0 aromatic heterocycles. The molecule has 1 aliphatic carbocycles. The molecule has 2 atom stereocenters. The third kappa shape index (κ3) is 2.13. The Hall–Kier alpha value is -2.13. The van der Waals surface area contributed by atoms with E-state index in [4.69, 9.17) is 4.84 Å². The van der Waals surface area contributed by atoms with E-state index >= 15 is 0 Å². The standard InChI is InChI=1S/C19H19NO2/c1-13-7-9-15(10-8-13)18-17(14-5-3-2-4-6-14)19(21,22-20-18)16-11-12-16/h2-10,16-17,21H,11-12H2,1H3. The molecule has 22 heavy (non-hydrogen) atoms. The molecule has 1 aliphatic heterocycles. The van der Waals surface area contributed by atoms with Crippen molar-refractivity contribution in [3.05, 3.63) is 71.3 Å². The highest BCUT2D eigenvalue weighted by Crippen LogP contribution is 2.51. The second kappa shape index (κ2) is 4.96. The largest absolute Gasteiger partial charge is 0.359 e. The van der Waals surface area contributed by atoms with Crippen LogP contribution in [0.25, 0.3) is 0 Å². The minimum atomic E-state index is -1.21. The molecular formula is C19H19NO2. The van der Waals surface area contributed by atoms with Crippen LogP contribution >= 0.6 is 0 Å². The fourth-order valence-corrected chi connectivity index (χ4v) is 3.22. The third-order valence-electron chi connectivity index (χ3n) is 4.62. The maximum atomic E-state index is 11.1. The molecule has 4 rings (SSSR count). The number of nitrogens with zero attached hydrogens (tertiary/aromatic N) is 1. The minimum Gasteiger partial charge on any atom is -0.359 e. The molecule has 0 radical (unpaired) electrons. The quantitative estimate of drug-likeness (QED) is 0.939. The molecule has 2 unspecified atom stereocenters. The summed E-state index contributed by atoms with van der Waals surface area (Å²) in [6.45, 7) is 2.06. The zero-order valence-corrected chi connectivity index (χ0v) is 12.6. The zero-order valence-electron chi connectivity index (χ0n) is 12.6. The molecule has 112 valence electrons. The van der Waals surface area contributed by atoms with E-state index in [9.17, 15) is 5.11 Å². The van der Waals surface area contributed by atoms with Crippen molar-refractivity contribution in [2.24, 2.45) is 11.1 Å². The lowest BCUT2D eigenvalue weighted by atomic mass is 9.81. The number of hydrogen-bond donors (Lipinski definition) is 1. The topological polar surface area (TPSA) is 41.8 Å². The second-order valence-electron chi connectivity index (χ2n) is 6.30. The molecule has 0 bridgehead atoms. The first-order valence-electron chi connectivity index (χ1n) is 7.79. The van der Waals surface area contributed by atoms with Crippen LogP contribution in [0.3, 0.4) is 0 Å². The second-order valence-corrected chi connectivity index (χ2v) is 6.30. The Morgan fingerprint density at radius 2 is 1.73 bits per heavy atom. The smallest absolute Gasteiger partial charge is 0.249 e.